The van der Waals surface area contributed by atoms with Crippen LogP contribution in [0.25, 0.3) is 0 Å². The summed E-state index contributed by atoms with van der Waals surface area (Å²) in [5.41, 5.74) is 0. The van der Waals surface area contributed by atoms with Gasteiger partial charge in [0.05, 0.1) is 9.30 Å². The van der Waals surface area contributed by atoms with E-state index in [0.717, 1.165) is 0 Å². The molecule has 0 aromatic heterocycles. The summed E-state index contributed by atoms with van der Waals surface area (Å²) in [6, 6.07) is 0. The lowest BCUT2D eigenvalue weighted by Gasteiger charge is -2.33. The van der Waals surface area contributed by atoms with E-state index in [9.17, 15) is 4.57 Å². The first-order valence-electron chi connectivity index (χ1n) is 7.26. The maximum atomic E-state index is 12.8. The summed E-state index contributed by atoms with van der Waals surface area (Å²) in [5, 5.41) is 0.227. The Morgan fingerprint density at radius 2 is 2.50 bits per heavy atom. The van der Waals surface area contributed by atoms with Crippen molar-refractivity contribution in [3.05, 3.63) is 0 Å². The standard InChI is InChI=1S/C7H15Cl2N2O2P/c8-2-5-11(6-3-9)14(12)10-4-1-7-13-14/h1-7H2,(H,10,12)/i1D2,5D2,7D2/hD. The van der Waals surface area contributed by atoms with E-state index in [4.69, 9.17) is 37.4 Å². The quantitative estimate of drug-likeness (QED) is 0.610. The molecule has 1 atom stereocenters. The van der Waals surface area contributed by atoms with Gasteiger partial charge in [-0.05, 0) is 6.37 Å². The lowest BCUT2D eigenvalue weighted by atomic mass is 10.5. The van der Waals surface area contributed by atoms with E-state index in [-0.39, 0.29) is 17.5 Å². The molecule has 7 heteroatoms. The van der Waals surface area contributed by atoms with Crippen molar-refractivity contribution < 1.29 is 18.7 Å². The van der Waals surface area contributed by atoms with Crippen LogP contribution in [0.4, 0.5) is 0 Å². The van der Waals surface area contributed by atoms with Crippen molar-refractivity contribution in [1.29, 1.82) is 0 Å². The second kappa shape index (κ2) is 6.31. The fourth-order valence-electron chi connectivity index (χ4n) is 0.847. The molecule has 1 unspecified atom stereocenters. The van der Waals surface area contributed by atoms with Crippen molar-refractivity contribution in [2.24, 2.45) is 0 Å². The molecule has 0 aromatic carbocycles. The van der Waals surface area contributed by atoms with Crippen molar-refractivity contribution >= 4 is 30.9 Å². The van der Waals surface area contributed by atoms with E-state index in [1.165, 1.54) is 0 Å². The molecule has 0 aliphatic carbocycles. The normalized spacial score (nSPS) is 45.2. The molecule has 0 radical (unpaired) electrons. The van der Waals surface area contributed by atoms with Crippen LogP contribution in [-0.2, 0) is 9.09 Å². The molecule has 1 rings (SSSR count). The minimum Gasteiger partial charge on any atom is -0.306 e. The smallest absolute Gasteiger partial charge is 0.306 e. The van der Waals surface area contributed by atoms with Crippen molar-refractivity contribution in [2.45, 2.75) is 6.37 Å². The number of alkyl halides is 2. The number of halogens is 2. The molecule has 84 valence electrons. The Labute approximate surface area is 104 Å². The summed E-state index contributed by atoms with van der Waals surface area (Å²) < 4.78 is 71.3. The molecule has 0 bridgehead atoms. The van der Waals surface area contributed by atoms with E-state index in [2.05, 4.69) is 0 Å². The van der Waals surface area contributed by atoms with Gasteiger partial charge in [-0.15, -0.1) is 23.2 Å². The highest BCUT2D eigenvalue weighted by atomic mass is 35.5. The van der Waals surface area contributed by atoms with Gasteiger partial charge < -0.3 is 4.52 Å². The zero-order valence-electron chi connectivity index (χ0n) is 14.2. The monoisotopic (exact) mass is 267 g/mol. The number of nitrogens with zero attached hydrogens (tertiary/aromatic N) is 1. The fraction of sp³-hybridized carbons (Fsp3) is 1.00. The predicted molar refractivity (Wildman–Crippen MR) is 59.2 cm³/mol. The van der Waals surface area contributed by atoms with Gasteiger partial charge in [-0.2, -0.15) is 0 Å². The number of hydrogen-bond acceptors (Lipinski definition) is 2. The van der Waals surface area contributed by atoms with Gasteiger partial charge in [0.1, 0.15) is 1.41 Å². The first kappa shape index (κ1) is 5.85. The maximum absolute atomic E-state index is 12.8. The molecule has 0 amide bonds. The SMILES string of the molecule is [2H]N1CC([2H])([2H])C([2H])([2H])OP1(=O)N(CCCl)C([2H])([2H])CCl. The lowest BCUT2D eigenvalue weighted by molar-refractivity contribution is 0.233. The zero-order valence-corrected chi connectivity index (χ0v) is 9.65. The lowest BCUT2D eigenvalue weighted by Crippen LogP contribution is -2.35. The molecule has 14 heavy (non-hydrogen) atoms. The van der Waals surface area contributed by atoms with Crippen LogP contribution in [0.1, 0.15) is 14.6 Å². The van der Waals surface area contributed by atoms with Crippen molar-refractivity contribution in [1.82, 2.24) is 9.75 Å². The number of rotatable bonds is 5. The Hall–Kier alpha value is 0.690. The Morgan fingerprint density at radius 3 is 3.14 bits per heavy atom. The molecule has 1 aliphatic heterocycles. The largest absolute Gasteiger partial charge is 0.343 e. The highest BCUT2D eigenvalue weighted by Gasteiger charge is 2.32. The third-order valence-electron chi connectivity index (χ3n) is 1.41. The topological polar surface area (TPSA) is 41.6 Å². The van der Waals surface area contributed by atoms with E-state index >= 15 is 0 Å². The van der Waals surface area contributed by atoms with Crippen molar-refractivity contribution in [2.75, 3.05) is 37.9 Å². The van der Waals surface area contributed by atoms with Gasteiger partial charge in [0.2, 0.25) is 0 Å². The van der Waals surface area contributed by atoms with Crippen LogP contribution in [0.2, 0.25) is 1.41 Å². The van der Waals surface area contributed by atoms with Gasteiger partial charge in [0.25, 0.3) is 0 Å². The number of hydrogen-bond donors (Lipinski definition) is 1. The average Bonchev–Trinajstić information content (AvgIpc) is 2.32. The van der Waals surface area contributed by atoms with Crippen LogP contribution < -0.4 is 5.08 Å². The first-order chi connectivity index (χ1) is 9.34. The Bertz CT molecular complexity index is 441. The Kier molecular flexibility index (Phi) is 2.64. The van der Waals surface area contributed by atoms with Crippen LogP contribution in [0.15, 0.2) is 0 Å². The van der Waals surface area contributed by atoms with Gasteiger partial charge in [0.15, 0.2) is 0 Å². The maximum Gasteiger partial charge on any atom is 0.343 e. The Balaban J connectivity index is 3.26. The summed E-state index contributed by atoms with van der Waals surface area (Å²) in [6.07, 6.45) is -2.58. The van der Waals surface area contributed by atoms with E-state index in [1.54, 1.807) is 0 Å². The summed E-state index contributed by atoms with van der Waals surface area (Å²) >= 11 is 11.0. The summed E-state index contributed by atoms with van der Waals surface area (Å²) in [4.78, 5) is 0. The second-order valence-corrected chi connectivity index (χ2v) is 4.84. The molecule has 1 aliphatic rings. The van der Waals surface area contributed by atoms with Crippen LogP contribution in [0.5, 0.6) is 0 Å². The molecule has 1 fully saturated rings. The third kappa shape index (κ3) is 3.37. The highest BCUT2D eigenvalue weighted by molar-refractivity contribution is 7.54. The second-order valence-electron chi connectivity index (χ2n) is 2.26. The van der Waals surface area contributed by atoms with Gasteiger partial charge in [-0.25, -0.2) is 9.75 Å². The highest BCUT2D eigenvalue weighted by Crippen LogP contribution is 2.47. The molecular formula is C7H15Cl2N2O2P. The Morgan fingerprint density at radius 1 is 1.71 bits per heavy atom. The predicted octanol–water partition coefficient (Wildman–Crippen LogP) is 1.88. The molecular weight excluding hydrogens is 246 g/mol. The van der Waals surface area contributed by atoms with E-state index < -0.39 is 39.5 Å². The number of nitrogens with one attached hydrogen (secondary N) is 1. The zero-order chi connectivity index (χ0) is 16.7. The van der Waals surface area contributed by atoms with E-state index in [0.29, 0.717) is 4.67 Å². The van der Waals surface area contributed by atoms with Crippen LogP contribution >= 0.6 is 30.9 Å². The summed E-state index contributed by atoms with van der Waals surface area (Å²) in [5.74, 6) is -0.769. The van der Waals surface area contributed by atoms with Crippen LogP contribution in [-0.4, -0.2) is 42.6 Å². The third-order valence-corrected chi connectivity index (χ3v) is 3.48. The molecule has 1 N–H and O–H groups in total. The first-order valence-corrected chi connectivity index (χ1v) is 6.42. The van der Waals surface area contributed by atoms with Gasteiger partial charge in [0, 0.05) is 36.8 Å². The van der Waals surface area contributed by atoms with Gasteiger partial charge in [-0.3, -0.25) is 4.57 Å². The van der Waals surface area contributed by atoms with Crippen LogP contribution in [0, 0.1) is 0 Å². The van der Waals surface area contributed by atoms with Gasteiger partial charge in [-0.1, -0.05) is 0 Å². The molecule has 1 saturated heterocycles. The van der Waals surface area contributed by atoms with Gasteiger partial charge >= 0.3 is 7.67 Å². The van der Waals surface area contributed by atoms with Crippen molar-refractivity contribution in [3.63, 3.8) is 0 Å². The minimum atomic E-state index is -4.50. The fourth-order valence-corrected chi connectivity index (χ4v) is 2.71. The minimum absolute atomic E-state index is 0.159. The van der Waals surface area contributed by atoms with Crippen LogP contribution in [0.3, 0.4) is 0 Å². The molecule has 0 aromatic rings. The molecule has 0 spiro atoms. The molecule has 4 nitrogen and oxygen atoms in total. The molecule has 0 saturated carbocycles. The molecule has 1 heterocycles. The van der Waals surface area contributed by atoms with E-state index in [1.807, 2.05) is 0 Å². The summed E-state index contributed by atoms with van der Waals surface area (Å²) in [7, 11) is -4.50. The summed E-state index contributed by atoms with van der Waals surface area (Å²) in [6.45, 7) is -6.49. The average molecular weight is 268 g/mol. The van der Waals surface area contributed by atoms with Crippen molar-refractivity contribution in [3.8, 4) is 0 Å².